The Labute approximate surface area is 136 Å². The molecule has 0 fully saturated rings. The standard InChI is InChI=1S/C13H13ClN2O4S2/c1-15-22(19,20)12-5-4-11(21-12)13(18)16-7-8-2-3-9(14)6-10(8)17/h2-6,15,17H,7H2,1H3,(H,16,18). The summed E-state index contributed by atoms with van der Waals surface area (Å²) in [5.41, 5.74) is 0.511. The highest BCUT2D eigenvalue weighted by molar-refractivity contribution is 7.91. The van der Waals surface area contributed by atoms with Crippen molar-refractivity contribution in [2.24, 2.45) is 0 Å². The van der Waals surface area contributed by atoms with Gasteiger partial charge in [-0.3, -0.25) is 4.79 Å². The van der Waals surface area contributed by atoms with E-state index in [-0.39, 0.29) is 21.4 Å². The molecule has 22 heavy (non-hydrogen) atoms. The predicted octanol–water partition coefficient (Wildman–Crippen LogP) is 1.95. The molecule has 1 amide bonds. The number of amides is 1. The van der Waals surface area contributed by atoms with Crippen LogP contribution in [0.4, 0.5) is 0 Å². The van der Waals surface area contributed by atoms with E-state index >= 15 is 0 Å². The van der Waals surface area contributed by atoms with Gasteiger partial charge in [0.1, 0.15) is 9.96 Å². The Bertz CT molecular complexity index is 802. The molecular weight excluding hydrogens is 348 g/mol. The fourth-order valence-electron chi connectivity index (χ4n) is 1.64. The van der Waals surface area contributed by atoms with Crippen LogP contribution in [0.3, 0.4) is 0 Å². The van der Waals surface area contributed by atoms with Gasteiger partial charge in [0.2, 0.25) is 10.0 Å². The lowest BCUT2D eigenvalue weighted by atomic mass is 10.2. The minimum atomic E-state index is -3.56. The fourth-order valence-corrected chi connectivity index (χ4v) is 3.86. The largest absolute Gasteiger partial charge is 0.508 e. The average Bonchev–Trinajstić information content (AvgIpc) is 2.96. The maximum atomic E-state index is 12.0. The van der Waals surface area contributed by atoms with Crippen molar-refractivity contribution in [1.29, 1.82) is 0 Å². The molecule has 0 saturated carbocycles. The third-order valence-electron chi connectivity index (χ3n) is 2.83. The Hall–Kier alpha value is -1.61. The Morgan fingerprint density at radius 2 is 2.05 bits per heavy atom. The van der Waals surface area contributed by atoms with Gasteiger partial charge in [0.15, 0.2) is 0 Å². The number of benzene rings is 1. The zero-order valence-electron chi connectivity index (χ0n) is 11.5. The highest BCUT2D eigenvalue weighted by Crippen LogP contribution is 2.23. The molecule has 0 aliphatic heterocycles. The fraction of sp³-hybridized carbons (Fsp3) is 0.154. The van der Waals surface area contributed by atoms with Crippen molar-refractivity contribution in [2.45, 2.75) is 10.8 Å². The normalized spacial score (nSPS) is 11.4. The Kier molecular flexibility index (Phi) is 5.07. The lowest BCUT2D eigenvalue weighted by molar-refractivity contribution is 0.0955. The van der Waals surface area contributed by atoms with Crippen molar-refractivity contribution >= 4 is 38.9 Å². The number of halogens is 1. The summed E-state index contributed by atoms with van der Waals surface area (Å²) in [4.78, 5) is 12.3. The minimum Gasteiger partial charge on any atom is -0.508 e. The molecule has 0 spiro atoms. The lowest BCUT2D eigenvalue weighted by Gasteiger charge is -2.06. The first-order chi connectivity index (χ1) is 10.3. The van der Waals surface area contributed by atoms with Crippen LogP contribution in [0.25, 0.3) is 0 Å². The van der Waals surface area contributed by atoms with Crippen LogP contribution in [-0.4, -0.2) is 26.5 Å². The van der Waals surface area contributed by atoms with Gasteiger partial charge in [-0.15, -0.1) is 11.3 Å². The average molecular weight is 361 g/mol. The van der Waals surface area contributed by atoms with Crippen LogP contribution in [0.15, 0.2) is 34.5 Å². The first-order valence-electron chi connectivity index (χ1n) is 6.12. The van der Waals surface area contributed by atoms with Gasteiger partial charge in [0.25, 0.3) is 5.91 Å². The van der Waals surface area contributed by atoms with E-state index in [2.05, 4.69) is 10.0 Å². The van der Waals surface area contributed by atoms with Gasteiger partial charge in [-0.25, -0.2) is 13.1 Å². The Balaban J connectivity index is 2.07. The predicted molar refractivity (Wildman–Crippen MR) is 84.9 cm³/mol. The highest BCUT2D eigenvalue weighted by atomic mass is 35.5. The summed E-state index contributed by atoms with van der Waals surface area (Å²) in [6.45, 7) is 0.105. The molecule has 0 aliphatic carbocycles. The number of phenols is 1. The number of phenolic OH excluding ortho intramolecular Hbond substituents is 1. The molecule has 2 rings (SSSR count). The molecule has 0 atom stereocenters. The monoisotopic (exact) mass is 360 g/mol. The Morgan fingerprint density at radius 3 is 2.68 bits per heavy atom. The second-order valence-corrected chi connectivity index (χ2v) is 7.92. The molecule has 1 aromatic carbocycles. The molecule has 1 aromatic heterocycles. The summed E-state index contributed by atoms with van der Waals surface area (Å²) in [7, 11) is -2.25. The van der Waals surface area contributed by atoms with Gasteiger partial charge >= 0.3 is 0 Å². The van der Waals surface area contributed by atoms with Gasteiger partial charge in [-0.05, 0) is 31.3 Å². The lowest BCUT2D eigenvalue weighted by Crippen LogP contribution is -2.21. The summed E-state index contributed by atoms with van der Waals surface area (Å²) in [5, 5.41) is 12.7. The van der Waals surface area contributed by atoms with Crippen molar-refractivity contribution in [2.75, 3.05) is 7.05 Å². The van der Waals surface area contributed by atoms with E-state index in [0.29, 0.717) is 10.6 Å². The van der Waals surface area contributed by atoms with E-state index < -0.39 is 15.9 Å². The number of aromatic hydroxyl groups is 1. The number of hydrogen-bond donors (Lipinski definition) is 3. The van der Waals surface area contributed by atoms with Gasteiger partial charge in [0.05, 0.1) is 4.88 Å². The first kappa shape index (κ1) is 16.8. The van der Waals surface area contributed by atoms with Crippen molar-refractivity contribution in [3.63, 3.8) is 0 Å². The third kappa shape index (κ3) is 3.77. The number of carbonyl (C=O) groups excluding carboxylic acids is 1. The molecule has 0 unspecified atom stereocenters. The smallest absolute Gasteiger partial charge is 0.261 e. The van der Waals surface area contributed by atoms with Crippen molar-refractivity contribution in [1.82, 2.24) is 10.0 Å². The molecule has 3 N–H and O–H groups in total. The Morgan fingerprint density at radius 1 is 1.32 bits per heavy atom. The summed E-state index contributed by atoms with van der Waals surface area (Å²) in [5.74, 6) is -0.436. The molecule has 6 nitrogen and oxygen atoms in total. The zero-order valence-corrected chi connectivity index (χ0v) is 13.8. The number of carbonyl (C=O) groups is 1. The summed E-state index contributed by atoms with van der Waals surface area (Å²) in [6, 6.07) is 7.39. The maximum Gasteiger partial charge on any atom is 0.261 e. The maximum absolute atomic E-state index is 12.0. The third-order valence-corrected chi connectivity index (χ3v) is 6.05. The van der Waals surface area contributed by atoms with Gasteiger partial charge in [-0.2, -0.15) is 0 Å². The van der Waals surface area contributed by atoms with E-state index in [4.69, 9.17) is 11.6 Å². The van der Waals surface area contributed by atoms with Crippen LogP contribution >= 0.6 is 22.9 Å². The number of thiophene rings is 1. The van der Waals surface area contributed by atoms with Gasteiger partial charge < -0.3 is 10.4 Å². The minimum absolute atomic E-state index is 0.0163. The molecular formula is C13H13ClN2O4S2. The van der Waals surface area contributed by atoms with Crippen molar-refractivity contribution in [3.8, 4) is 5.75 Å². The van der Waals surface area contributed by atoms with E-state index in [0.717, 1.165) is 11.3 Å². The van der Waals surface area contributed by atoms with E-state index in [1.807, 2.05) is 0 Å². The van der Waals surface area contributed by atoms with Crippen LogP contribution in [-0.2, 0) is 16.6 Å². The molecule has 0 radical (unpaired) electrons. The summed E-state index contributed by atoms with van der Waals surface area (Å²) >= 11 is 6.59. The summed E-state index contributed by atoms with van der Waals surface area (Å²) in [6.07, 6.45) is 0. The molecule has 0 saturated heterocycles. The first-order valence-corrected chi connectivity index (χ1v) is 8.80. The van der Waals surface area contributed by atoms with Crippen LogP contribution in [0.2, 0.25) is 5.02 Å². The molecule has 9 heteroatoms. The van der Waals surface area contributed by atoms with Crippen molar-refractivity contribution < 1.29 is 18.3 Å². The van der Waals surface area contributed by atoms with Crippen LogP contribution in [0.1, 0.15) is 15.2 Å². The number of hydrogen-bond acceptors (Lipinski definition) is 5. The second kappa shape index (κ2) is 6.66. The van der Waals surface area contributed by atoms with E-state index in [1.165, 1.54) is 25.2 Å². The topological polar surface area (TPSA) is 95.5 Å². The molecule has 1 heterocycles. The highest BCUT2D eigenvalue weighted by Gasteiger charge is 2.17. The van der Waals surface area contributed by atoms with Crippen LogP contribution < -0.4 is 10.0 Å². The second-order valence-electron chi connectivity index (χ2n) is 4.28. The quantitative estimate of drug-likeness (QED) is 0.759. The van der Waals surface area contributed by atoms with E-state index in [1.54, 1.807) is 12.1 Å². The van der Waals surface area contributed by atoms with E-state index in [9.17, 15) is 18.3 Å². The SMILES string of the molecule is CNS(=O)(=O)c1ccc(C(=O)NCc2ccc(Cl)cc2O)s1. The zero-order chi connectivity index (χ0) is 16.3. The molecule has 118 valence electrons. The van der Waals surface area contributed by atoms with Crippen molar-refractivity contribution in [3.05, 3.63) is 45.8 Å². The number of sulfonamides is 1. The van der Waals surface area contributed by atoms with Gasteiger partial charge in [-0.1, -0.05) is 17.7 Å². The summed E-state index contributed by atoms with van der Waals surface area (Å²) < 4.78 is 25.5. The molecule has 0 bridgehead atoms. The molecule has 2 aromatic rings. The number of nitrogens with one attached hydrogen (secondary N) is 2. The van der Waals surface area contributed by atoms with Crippen LogP contribution in [0, 0.1) is 0 Å². The van der Waals surface area contributed by atoms with Crippen LogP contribution in [0.5, 0.6) is 5.75 Å². The molecule has 0 aliphatic rings. The van der Waals surface area contributed by atoms with Gasteiger partial charge in [0, 0.05) is 17.1 Å². The number of rotatable bonds is 5.